The van der Waals surface area contributed by atoms with Crippen molar-refractivity contribution < 1.29 is 14.2 Å². The maximum Gasteiger partial charge on any atom is 0.161 e. The molecule has 1 aliphatic rings. The van der Waals surface area contributed by atoms with E-state index in [2.05, 4.69) is 21.3 Å². The number of hydrogen-bond acceptors (Lipinski definition) is 6. The fourth-order valence-electron chi connectivity index (χ4n) is 3.48. The molecule has 0 saturated carbocycles. The Morgan fingerprint density at radius 1 is 1.00 bits per heavy atom. The van der Waals surface area contributed by atoms with Crippen molar-refractivity contribution in [1.29, 1.82) is 0 Å². The fraction of sp³-hybridized carbons (Fsp3) is 0.292. The number of halogens is 2. The molecular weight excluding hydrogens is 449 g/mol. The van der Waals surface area contributed by atoms with Crippen LogP contribution in [0.1, 0.15) is 11.1 Å². The molecule has 1 aromatic heterocycles. The van der Waals surface area contributed by atoms with Crippen LogP contribution in [-0.2, 0) is 17.9 Å². The van der Waals surface area contributed by atoms with E-state index in [9.17, 15) is 0 Å². The van der Waals surface area contributed by atoms with Gasteiger partial charge in [-0.05, 0) is 42.0 Å². The van der Waals surface area contributed by atoms with Crippen LogP contribution >= 0.6 is 23.2 Å². The third-order valence-electron chi connectivity index (χ3n) is 5.21. The molecule has 0 aliphatic carbocycles. The van der Waals surface area contributed by atoms with E-state index in [-0.39, 0.29) is 0 Å². The Balaban J connectivity index is 1.36. The highest BCUT2D eigenvalue weighted by Gasteiger charge is 2.14. The summed E-state index contributed by atoms with van der Waals surface area (Å²) in [5, 5.41) is 4.61. The molecule has 2 heterocycles. The number of morpholine rings is 1. The lowest BCUT2D eigenvalue weighted by molar-refractivity contribution is 0.122. The molecule has 168 valence electrons. The Morgan fingerprint density at radius 3 is 2.53 bits per heavy atom. The van der Waals surface area contributed by atoms with E-state index in [1.54, 1.807) is 19.4 Å². The van der Waals surface area contributed by atoms with Crippen LogP contribution < -0.4 is 19.7 Å². The summed E-state index contributed by atoms with van der Waals surface area (Å²) in [6, 6.07) is 15.6. The van der Waals surface area contributed by atoms with Gasteiger partial charge in [-0.15, -0.1) is 0 Å². The molecule has 0 amide bonds. The predicted octanol–water partition coefficient (Wildman–Crippen LogP) is 5.42. The van der Waals surface area contributed by atoms with E-state index in [0.717, 1.165) is 53.8 Å². The number of anilines is 2. The van der Waals surface area contributed by atoms with Gasteiger partial charge in [0.25, 0.3) is 0 Å². The van der Waals surface area contributed by atoms with Crippen LogP contribution in [0.5, 0.6) is 11.5 Å². The van der Waals surface area contributed by atoms with Gasteiger partial charge in [-0.2, -0.15) is 0 Å². The molecule has 6 nitrogen and oxygen atoms in total. The first kappa shape index (κ1) is 22.5. The second kappa shape index (κ2) is 10.8. The van der Waals surface area contributed by atoms with Gasteiger partial charge in [-0.25, -0.2) is 4.98 Å². The van der Waals surface area contributed by atoms with Crippen molar-refractivity contribution in [1.82, 2.24) is 4.98 Å². The molecule has 1 aliphatic heterocycles. The maximum atomic E-state index is 6.54. The number of ether oxygens (including phenoxy) is 3. The largest absolute Gasteiger partial charge is 0.493 e. The molecule has 0 radical (unpaired) electrons. The maximum absolute atomic E-state index is 6.54. The minimum Gasteiger partial charge on any atom is -0.493 e. The summed E-state index contributed by atoms with van der Waals surface area (Å²) >= 11 is 12.4. The summed E-state index contributed by atoms with van der Waals surface area (Å²) in [6.07, 6.45) is 1.70. The molecule has 0 spiro atoms. The van der Waals surface area contributed by atoms with Crippen LogP contribution in [0.2, 0.25) is 10.2 Å². The molecule has 1 N–H and O–H groups in total. The van der Waals surface area contributed by atoms with Gasteiger partial charge in [-0.3, -0.25) is 0 Å². The Labute approximate surface area is 198 Å². The lowest BCUT2D eigenvalue weighted by Crippen LogP contribution is -2.36. The minimum absolute atomic E-state index is 0.381. The summed E-state index contributed by atoms with van der Waals surface area (Å²) in [4.78, 5) is 6.32. The Hall–Kier alpha value is -2.67. The smallest absolute Gasteiger partial charge is 0.161 e. The van der Waals surface area contributed by atoms with Gasteiger partial charge >= 0.3 is 0 Å². The molecular formula is C24H25Cl2N3O3. The molecule has 32 heavy (non-hydrogen) atoms. The number of methoxy groups -OCH3 is 1. The highest BCUT2D eigenvalue weighted by Crippen LogP contribution is 2.31. The number of nitrogens with zero attached hydrogens (tertiary/aromatic N) is 2. The van der Waals surface area contributed by atoms with E-state index in [4.69, 9.17) is 37.4 Å². The number of rotatable bonds is 8. The van der Waals surface area contributed by atoms with Gasteiger partial charge in [0.15, 0.2) is 11.5 Å². The molecule has 1 fully saturated rings. The topological polar surface area (TPSA) is 55.9 Å². The average Bonchev–Trinajstić information content (AvgIpc) is 2.83. The zero-order chi connectivity index (χ0) is 22.3. The minimum atomic E-state index is 0.381. The molecule has 0 atom stereocenters. The van der Waals surface area contributed by atoms with E-state index in [0.29, 0.717) is 29.8 Å². The molecule has 0 unspecified atom stereocenters. The number of benzene rings is 2. The summed E-state index contributed by atoms with van der Waals surface area (Å²) in [6.45, 7) is 4.19. The lowest BCUT2D eigenvalue weighted by Gasteiger charge is -2.29. The Bertz CT molecular complexity index is 1040. The Morgan fingerprint density at radius 2 is 1.81 bits per heavy atom. The summed E-state index contributed by atoms with van der Waals surface area (Å²) < 4.78 is 16.8. The summed E-state index contributed by atoms with van der Waals surface area (Å²) in [5.74, 6) is 1.34. The summed E-state index contributed by atoms with van der Waals surface area (Å²) in [5.41, 5.74) is 4.00. The summed E-state index contributed by atoms with van der Waals surface area (Å²) in [7, 11) is 1.63. The lowest BCUT2D eigenvalue weighted by atomic mass is 10.2. The number of nitrogens with one attached hydrogen (secondary N) is 1. The molecule has 1 saturated heterocycles. The van der Waals surface area contributed by atoms with Crippen LogP contribution in [0.25, 0.3) is 0 Å². The monoisotopic (exact) mass is 473 g/mol. The highest BCUT2D eigenvalue weighted by molar-refractivity contribution is 6.33. The highest BCUT2D eigenvalue weighted by atomic mass is 35.5. The first-order chi connectivity index (χ1) is 15.6. The van der Waals surface area contributed by atoms with E-state index in [1.165, 1.54) is 0 Å². The second-order valence-corrected chi connectivity index (χ2v) is 8.18. The first-order valence-electron chi connectivity index (χ1n) is 10.4. The van der Waals surface area contributed by atoms with Gasteiger partial charge in [0.2, 0.25) is 0 Å². The van der Waals surface area contributed by atoms with E-state index in [1.807, 2.05) is 36.4 Å². The molecule has 8 heteroatoms. The van der Waals surface area contributed by atoms with Gasteiger partial charge in [0.1, 0.15) is 11.8 Å². The molecule has 0 bridgehead atoms. The number of aromatic nitrogens is 1. The van der Waals surface area contributed by atoms with Crippen LogP contribution in [0, 0.1) is 0 Å². The normalized spacial score (nSPS) is 13.7. The number of hydrogen-bond donors (Lipinski definition) is 1. The standard InChI is InChI=1S/C24H25Cl2N3O3/c1-30-23-12-17(2-6-22(23)32-16-18-3-7-24(26)28-15-18)14-27-19-4-5-21(20(25)13-19)29-8-10-31-11-9-29/h2-7,12-13,15,27H,8-11,14,16H2,1H3. The van der Waals surface area contributed by atoms with Crippen molar-refractivity contribution in [3.05, 3.63) is 76.0 Å². The van der Waals surface area contributed by atoms with Gasteiger partial charge in [0.05, 0.1) is 31.0 Å². The SMILES string of the molecule is COc1cc(CNc2ccc(N3CCOCC3)c(Cl)c2)ccc1OCc1ccc(Cl)nc1. The number of pyridine rings is 1. The van der Waals surface area contributed by atoms with Crippen LogP contribution in [0.3, 0.4) is 0 Å². The first-order valence-corrected chi connectivity index (χ1v) is 11.1. The van der Waals surface area contributed by atoms with Gasteiger partial charge in [0, 0.05) is 37.1 Å². The van der Waals surface area contributed by atoms with E-state index >= 15 is 0 Å². The van der Waals surface area contributed by atoms with Crippen molar-refractivity contribution >= 4 is 34.6 Å². The zero-order valence-corrected chi connectivity index (χ0v) is 19.3. The predicted molar refractivity (Wildman–Crippen MR) is 128 cm³/mol. The van der Waals surface area contributed by atoms with Gasteiger partial charge in [-0.1, -0.05) is 35.3 Å². The third-order valence-corrected chi connectivity index (χ3v) is 5.73. The van der Waals surface area contributed by atoms with Gasteiger partial charge < -0.3 is 24.4 Å². The molecule has 4 rings (SSSR count). The average molecular weight is 474 g/mol. The van der Waals surface area contributed by atoms with Crippen molar-refractivity contribution in [2.75, 3.05) is 43.6 Å². The van der Waals surface area contributed by atoms with Crippen LogP contribution in [0.15, 0.2) is 54.7 Å². The van der Waals surface area contributed by atoms with Crippen LogP contribution in [0.4, 0.5) is 11.4 Å². The second-order valence-electron chi connectivity index (χ2n) is 7.38. The van der Waals surface area contributed by atoms with E-state index < -0.39 is 0 Å². The molecule has 2 aromatic carbocycles. The molecule has 3 aromatic rings. The van der Waals surface area contributed by atoms with Crippen molar-refractivity contribution in [3.8, 4) is 11.5 Å². The van der Waals surface area contributed by atoms with Crippen molar-refractivity contribution in [3.63, 3.8) is 0 Å². The third kappa shape index (κ3) is 5.76. The van der Waals surface area contributed by atoms with Crippen molar-refractivity contribution in [2.45, 2.75) is 13.2 Å². The Kier molecular flexibility index (Phi) is 7.58. The quantitative estimate of drug-likeness (QED) is 0.440. The van der Waals surface area contributed by atoms with Crippen molar-refractivity contribution in [2.24, 2.45) is 0 Å². The van der Waals surface area contributed by atoms with Crippen LogP contribution in [-0.4, -0.2) is 38.4 Å². The zero-order valence-electron chi connectivity index (χ0n) is 17.8. The fourth-order valence-corrected chi connectivity index (χ4v) is 3.89.